The highest BCUT2D eigenvalue weighted by Crippen LogP contribution is 2.29. The zero-order chi connectivity index (χ0) is 12.7. The maximum absolute atomic E-state index is 5.97. The van der Waals surface area contributed by atoms with Gasteiger partial charge in [0.15, 0.2) is 0 Å². The van der Waals surface area contributed by atoms with Gasteiger partial charge in [-0.25, -0.2) is 0 Å². The summed E-state index contributed by atoms with van der Waals surface area (Å²) in [7, 11) is 0. The van der Waals surface area contributed by atoms with Gasteiger partial charge in [0.2, 0.25) is 0 Å². The van der Waals surface area contributed by atoms with E-state index in [-0.39, 0.29) is 6.10 Å². The van der Waals surface area contributed by atoms with E-state index in [1.54, 1.807) is 18.2 Å². The summed E-state index contributed by atoms with van der Waals surface area (Å²) in [4.78, 5) is 0. The summed E-state index contributed by atoms with van der Waals surface area (Å²) in [5.74, 6) is 1.15. The second-order valence-corrected chi connectivity index (χ2v) is 4.49. The van der Waals surface area contributed by atoms with E-state index < -0.39 is 0 Å². The van der Waals surface area contributed by atoms with Crippen molar-refractivity contribution in [3.8, 4) is 5.75 Å². The van der Waals surface area contributed by atoms with E-state index in [0.717, 1.165) is 0 Å². The monoisotopic (exact) mass is 262 g/mol. The van der Waals surface area contributed by atoms with E-state index in [9.17, 15) is 0 Å². The van der Waals surface area contributed by atoms with Crippen molar-refractivity contribution in [3.63, 3.8) is 0 Å². The summed E-state index contributed by atoms with van der Waals surface area (Å²) >= 11 is 11.7. The molecule has 16 heavy (non-hydrogen) atoms. The molecule has 0 aliphatic rings. The Morgan fingerprint density at radius 2 is 1.62 bits per heavy atom. The fourth-order valence-electron chi connectivity index (χ4n) is 0.907. The fourth-order valence-corrected chi connectivity index (χ4v) is 1.36. The van der Waals surface area contributed by atoms with Crippen LogP contribution in [0.5, 0.6) is 5.75 Å². The summed E-state index contributed by atoms with van der Waals surface area (Å²) < 4.78 is 5.67. The molecule has 1 unspecified atom stereocenters. The Labute approximate surface area is 109 Å². The molecule has 1 rings (SSSR count). The Balaban J connectivity index is 0.00000106. The van der Waals surface area contributed by atoms with Crippen LogP contribution in [0.3, 0.4) is 0 Å². The molecular formula is C13H20Cl2O. The van der Waals surface area contributed by atoms with E-state index in [1.165, 1.54) is 0 Å². The topological polar surface area (TPSA) is 9.23 Å². The number of benzene rings is 1. The van der Waals surface area contributed by atoms with E-state index in [2.05, 4.69) is 13.8 Å². The summed E-state index contributed by atoms with van der Waals surface area (Å²) in [6.07, 6.45) is 0.147. The Bertz CT molecular complexity index is 311. The average molecular weight is 263 g/mol. The van der Waals surface area contributed by atoms with Crippen LogP contribution in [0.25, 0.3) is 0 Å². The van der Waals surface area contributed by atoms with Gasteiger partial charge in [-0.15, -0.1) is 0 Å². The molecule has 0 amide bonds. The Morgan fingerprint density at radius 3 is 2.06 bits per heavy atom. The average Bonchev–Trinajstić information content (AvgIpc) is 2.25. The van der Waals surface area contributed by atoms with E-state index >= 15 is 0 Å². The minimum Gasteiger partial charge on any atom is -0.489 e. The Morgan fingerprint density at radius 1 is 1.06 bits per heavy atom. The largest absolute Gasteiger partial charge is 0.489 e. The van der Waals surface area contributed by atoms with Gasteiger partial charge in [0.05, 0.1) is 11.1 Å². The van der Waals surface area contributed by atoms with Crippen molar-refractivity contribution in [1.29, 1.82) is 0 Å². The third-order valence-corrected chi connectivity index (χ3v) is 2.68. The van der Waals surface area contributed by atoms with Crippen molar-refractivity contribution in [2.24, 2.45) is 5.92 Å². The van der Waals surface area contributed by atoms with Gasteiger partial charge in [-0.1, -0.05) is 50.9 Å². The Kier molecular flexibility index (Phi) is 7.61. The minimum absolute atomic E-state index is 0.147. The molecule has 1 aromatic carbocycles. The molecule has 1 aromatic rings. The van der Waals surface area contributed by atoms with Gasteiger partial charge in [-0.3, -0.25) is 0 Å². The minimum atomic E-state index is 0.147. The molecule has 0 bridgehead atoms. The summed E-state index contributed by atoms with van der Waals surface area (Å²) in [5, 5.41) is 1.18. The second kappa shape index (κ2) is 7.81. The lowest BCUT2D eigenvalue weighted by Crippen LogP contribution is -2.18. The van der Waals surface area contributed by atoms with Gasteiger partial charge in [0.25, 0.3) is 0 Å². The van der Waals surface area contributed by atoms with Gasteiger partial charge in [-0.05, 0) is 31.0 Å². The van der Waals surface area contributed by atoms with Crippen LogP contribution >= 0.6 is 23.2 Å². The van der Waals surface area contributed by atoms with Crippen LogP contribution in [0.1, 0.15) is 34.6 Å². The lowest BCUT2D eigenvalue weighted by Gasteiger charge is -2.18. The number of rotatable bonds is 3. The zero-order valence-electron chi connectivity index (χ0n) is 10.6. The third kappa shape index (κ3) is 5.09. The van der Waals surface area contributed by atoms with Crippen LogP contribution < -0.4 is 4.74 Å². The lowest BCUT2D eigenvalue weighted by atomic mass is 10.1. The first-order valence-corrected chi connectivity index (χ1v) is 6.38. The van der Waals surface area contributed by atoms with Gasteiger partial charge < -0.3 is 4.74 Å². The first kappa shape index (κ1) is 15.6. The van der Waals surface area contributed by atoms with Gasteiger partial charge >= 0.3 is 0 Å². The summed E-state index contributed by atoms with van der Waals surface area (Å²) in [5.41, 5.74) is 0. The predicted octanol–water partition coefficient (Wildman–Crippen LogP) is 5.44. The number of halogens is 2. The normalized spacial score (nSPS) is 11.8. The van der Waals surface area contributed by atoms with Crippen LogP contribution in [0, 0.1) is 5.92 Å². The van der Waals surface area contributed by atoms with E-state index in [0.29, 0.717) is 21.7 Å². The number of ether oxygens (including phenoxy) is 1. The molecule has 0 saturated heterocycles. The molecule has 0 fully saturated rings. The SMILES string of the molecule is CC.CC(C)C(C)Oc1ccc(Cl)cc1Cl. The van der Waals surface area contributed by atoms with Crippen molar-refractivity contribution < 1.29 is 4.74 Å². The first-order chi connectivity index (χ1) is 7.50. The predicted molar refractivity (Wildman–Crippen MR) is 72.7 cm³/mol. The van der Waals surface area contributed by atoms with Crippen LogP contribution in [-0.4, -0.2) is 6.10 Å². The third-order valence-electron chi connectivity index (χ3n) is 2.15. The smallest absolute Gasteiger partial charge is 0.138 e. The van der Waals surface area contributed by atoms with E-state index in [1.807, 2.05) is 20.8 Å². The molecule has 0 radical (unpaired) electrons. The lowest BCUT2D eigenvalue weighted by molar-refractivity contribution is 0.170. The number of hydrogen-bond acceptors (Lipinski definition) is 1. The quantitative estimate of drug-likeness (QED) is 0.705. The van der Waals surface area contributed by atoms with Crippen molar-refractivity contribution in [2.45, 2.75) is 40.7 Å². The van der Waals surface area contributed by atoms with Crippen LogP contribution in [0.4, 0.5) is 0 Å². The molecule has 0 aliphatic carbocycles. The van der Waals surface area contributed by atoms with Crippen molar-refractivity contribution in [2.75, 3.05) is 0 Å². The maximum Gasteiger partial charge on any atom is 0.138 e. The van der Waals surface area contributed by atoms with E-state index in [4.69, 9.17) is 27.9 Å². The first-order valence-electron chi connectivity index (χ1n) is 5.62. The van der Waals surface area contributed by atoms with Crippen molar-refractivity contribution >= 4 is 23.2 Å². The summed E-state index contributed by atoms with van der Waals surface area (Å²) in [6, 6.07) is 5.25. The van der Waals surface area contributed by atoms with Gasteiger partial charge in [0.1, 0.15) is 5.75 Å². The highest BCUT2D eigenvalue weighted by Gasteiger charge is 2.10. The second-order valence-electron chi connectivity index (χ2n) is 3.64. The zero-order valence-corrected chi connectivity index (χ0v) is 12.1. The van der Waals surface area contributed by atoms with Crippen molar-refractivity contribution in [3.05, 3.63) is 28.2 Å². The molecule has 1 nitrogen and oxygen atoms in total. The van der Waals surface area contributed by atoms with Gasteiger partial charge in [0, 0.05) is 5.02 Å². The number of hydrogen-bond donors (Lipinski definition) is 0. The highest BCUT2D eigenvalue weighted by atomic mass is 35.5. The van der Waals surface area contributed by atoms with Crippen molar-refractivity contribution in [1.82, 2.24) is 0 Å². The molecule has 0 N–H and O–H groups in total. The molecule has 0 aromatic heterocycles. The standard InChI is InChI=1S/C11H14Cl2O.C2H6/c1-7(2)8(3)14-11-5-4-9(12)6-10(11)13;1-2/h4-8H,1-3H3;1-2H3. The molecule has 0 aliphatic heterocycles. The van der Waals surface area contributed by atoms with Gasteiger partial charge in [-0.2, -0.15) is 0 Å². The van der Waals surface area contributed by atoms with Crippen LogP contribution in [0.15, 0.2) is 18.2 Å². The molecule has 0 spiro atoms. The fraction of sp³-hybridized carbons (Fsp3) is 0.538. The molecule has 3 heteroatoms. The highest BCUT2D eigenvalue weighted by molar-refractivity contribution is 6.35. The molecule has 1 atom stereocenters. The Hall–Kier alpha value is -0.400. The van der Waals surface area contributed by atoms with Crippen LogP contribution in [-0.2, 0) is 0 Å². The molecule has 0 saturated carbocycles. The molecule has 92 valence electrons. The van der Waals surface area contributed by atoms with Crippen LogP contribution in [0.2, 0.25) is 10.0 Å². The molecule has 0 heterocycles. The maximum atomic E-state index is 5.97. The molecular weight excluding hydrogens is 243 g/mol. The summed E-state index contributed by atoms with van der Waals surface area (Å²) in [6.45, 7) is 10.2.